The van der Waals surface area contributed by atoms with Gasteiger partial charge in [-0.2, -0.15) is 0 Å². The molecule has 2 rings (SSSR count). The van der Waals surface area contributed by atoms with Crippen molar-refractivity contribution in [2.24, 2.45) is 5.73 Å². The molecule has 6 heteroatoms. The van der Waals surface area contributed by atoms with Crippen molar-refractivity contribution in [3.05, 3.63) is 35.4 Å². The number of carbonyl (C=O) groups is 1. The van der Waals surface area contributed by atoms with Crippen molar-refractivity contribution >= 4 is 15.7 Å². The summed E-state index contributed by atoms with van der Waals surface area (Å²) < 4.78 is 22.6. The van der Waals surface area contributed by atoms with E-state index in [1.165, 1.54) is 0 Å². The molecule has 0 saturated carbocycles. The van der Waals surface area contributed by atoms with Crippen molar-refractivity contribution in [3.8, 4) is 0 Å². The maximum Gasteiger partial charge on any atom is 0.251 e. The Morgan fingerprint density at radius 2 is 1.79 bits per heavy atom. The fraction of sp³-hybridized carbons (Fsp3) is 0.462. The number of carbonyl (C=O) groups excluding carboxylic acids is 1. The number of hydrogen-bond acceptors (Lipinski definition) is 4. The summed E-state index contributed by atoms with van der Waals surface area (Å²) in [6, 6.07) is 7.06. The molecule has 1 amide bonds. The van der Waals surface area contributed by atoms with Crippen LogP contribution >= 0.6 is 0 Å². The molecule has 1 fully saturated rings. The summed E-state index contributed by atoms with van der Waals surface area (Å²) in [7, 11) is -2.89. The largest absolute Gasteiger partial charge is 0.349 e. The summed E-state index contributed by atoms with van der Waals surface area (Å²) in [6.45, 7) is 0.447. The first-order valence-corrected chi connectivity index (χ1v) is 8.12. The normalized spacial score (nSPS) is 19.0. The summed E-state index contributed by atoms with van der Waals surface area (Å²) in [5.41, 5.74) is 7.04. The fourth-order valence-electron chi connectivity index (χ4n) is 2.10. The van der Waals surface area contributed by atoms with Crippen LogP contribution in [0.25, 0.3) is 0 Å². The number of amides is 1. The van der Waals surface area contributed by atoms with Crippen LogP contribution in [0.3, 0.4) is 0 Å². The number of nitrogens with two attached hydrogens (primary N) is 1. The number of hydrogen-bond donors (Lipinski definition) is 2. The standard InChI is InChI=1S/C13H18N2O3S/c14-9-10-1-3-11(4-2-10)13(16)15-12-5-7-19(17,18)8-6-12/h1-4,12H,5-9,14H2,(H,15,16). The lowest BCUT2D eigenvalue weighted by Crippen LogP contribution is -2.40. The van der Waals surface area contributed by atoms with E-state index in [0.717, 1.165) is 5.56 Å². The van der Waals surface area contributed by atoms with Gasteiger partial charge in [0, 0.05) is 18.2 Å². The number of nitrogens with one attached hydrogen (secondary N) is 1. The van der Waals surface area contributed by atoms with E-state index < -0.39 is 9.84 Å². The highest BCUT2D eigenvalue weighted by atomic mass is 32.2. The van der Waals surface area contributed by atoms with Crippen LogP contribution in [0.2, 0.25) is 0 Å². The zero-order valence-corrected chi connectivity index (χ0v) is 11.4. The van der Waals surface area contributed by atoms with E-state index in [1.807, 2.05) is 12.1 Å². The van der Waals surface area contributed by atoms with Gasteiger partial charge >= 0.3 is 0 Å². The monoisotopic (exact) mass is 282 g/mol. The highest BCUT2D eigenvalue weighted by Gasteiger charge is 2.24. The molecule has 1 saturated heterocycles. The second kappa shape index (κ2) is 5.71. The maximum atomic E-state index is 12.0. The Morgan fingerprint density at radius 3 is 2.32 bits per heavy atom. The van der Waals surface area contributed by atoms with Crippen LogP contribution in [0, 0.1) is 0 Å². The highest BCUT2D eigenvalue weighted by Crippen LogP contribution is 2.13. The van der Waals surface area contributed by atoms with Gasteiger partial charge in [0.15, 0.2) is 0 Å². The van der Waals surface area contributed by atoms with Crippen molar-refractivity contribution in [3.63, 3.8) is 0 Å². The van der Waals surface area contributed by atoms with Crippen molar-refractivity contribution in [2.45, 2.75) is 25.4 Å². The van der Waals surface area contributed by atoms with E-state index in [1.54, 1.807) is 12.1 Å². The van der Waals surface area contributed by atoms with E-state index in [9.17, 15) is 13.2 Å². The Balaban J connectivity index is 1.94. The number of benzene rings is 1. The zero-order valence-electron chi connectivity index (χ0n) is 10.6. The molecule has 3 N–H and O–H groups in total. The Bertz CT molecular complexity index is 538. The summed E-state index contributed by atoms with van der Waals surface area (Å²) in [6.07, 6.45) is 0.990. The molecule has 0 unspecified atom stereocenters. The Labute approximate surface area is 113 Å². The molecule has 0 bridgehead atoms. The number of rotatable bonds is 3. The minimum Gasteiger partial charge on any atom is -0.349 e. The molecule has 0 atom stereocenters. The summed E-state index contributed by atoms with van der Waals surface area (Å²) in [5, 5.41) is 2.88. The third-order valence-electron chi connectivity index (χ3n) is 3.34. The van der Waals surface area contributed by atoms with Gasteiger partial charge in [-0.25, -0.2) is 8.42 Å². The van der Waals surface area contributed by atoms with Gasteiger partial charge in [0.2, 0.25) is 0 Å². The van der Waals surface area contributed by atoms with Gasteiger partial charge in [-0.1, -0.05) is 12.1 Å². The van der Waals surface area contributed by atoms with Crippen LogP contribution in [0.4, 0.5) is 0 Å². The Kier molecular flexibility index (Phi) is 4.21. The first-order valence-electron chi connectivity index (χ1n) is 6.30. The lowest BCUT2D eigenvalue weighted by Gasteiger charge is -2.23. The third kappa shape index (κ3) is 3.78. The van der Waals surface area contributed by atoms with Crippen LogP contribution in [-0.4, -0.2) is 31.9 Å². The van der Waals surface area contributed by atoms with Crippen LogP contribution < -0.4 is 11.1 Å². The number of sulfone groups is 1. The lowest BCUT2D eigenvalue weighted by atomic mass is 10.1. The maximum absolute atomic E-state index is 12.0. The quantitative estimate of drug-likeness (QED) is 0.842. The second-order valence-corrected chi connectivity index (χ2v) is 7.10. The van der Waals surface area contributed by atoms with Gasteiger partial charge in [-0.3, -0.25) is 4.79 Å². The third-order valence-corrected chi connectivity index (χ3v) is 5.06. The first-order chi connectivity index (χ1) is 9.00. The molecular formula is C13H18N2O3S. The van der Waals surface area contributed by atoms with Crippen molar-refractivity contribution < 1.29 is 13.2 Å². The molecule has 1 aromatic rings. The average molecular weight is 282 g/mol. The molecule has 0 spiro atoms. The molecule has 0 aliphatic carbocycles. The first kappa shape index (κ1) is 14.0. The lowest BCUT2D eigenvalue weighted by molar-refractivity contribution is 0.0934. The van der Waals surface area contributed by atoms with Gasteiger partial charge in [-0.05, 0) is 30.5 Å². The van der Waals surface area contributed by atoms with E-state index in [0.29, 0.717) is 24.9 Å². The SMILES string of the molecule is NCc1ccc(C(=O)NC2CCS(=O)(=O)CC2)cc1. The molecule has 19 heavy (non-hydrogen) atoms. The zero-order chi connectivity index (χ0) is 13.9. The molecule has 0 aromatic heterocycles. The van der Waals surface area contributed by atoms with Crippen LogP contribution in [0.5, 0.6) is 0 Å². The summed E-state index contributed by atoms with van der Waals surface area (Å²) in [4.78, 5) is 12.0. The van der Waals surface area contributed by atoms with Crippen LogP contribution in [0.15, 0.2) is 24.3 Å². The summed E-state index contributed by atoms with van der Waals surface area (Å²) >= 11 is 0. The van der Waals surface area contributed by atoms with Gasteiger partial charge in [-0.15, -0.1) is 0 Å². The van der Waals surface area contributed by atoms with Crippen molar-refractivity contribution in [1.29, 1.82) is 0 Å². The highest BCUT2D eigenvalue weighted by molar-refractivity contribution is 7.91. The van der Waals surface area contributed by atoms with E-state index in [4.69, 9.17) is 5.73 Å². The predicted octanol–water partition coefficient (Wildman–Crippen LogP) is 0.452. The minimum atomic E-state index is -2.89. The minimum absolute atomic E-state index is 0.0507. The van der Waals surface area contributed by atoms with Gasteiger partial charge in [0.25, 0.3) is 5.91 Å². The summed E-state index contributed by atoms with van der Waals surface area (Å²) in [5.74, 6) is 0.154. The molecular weight excluding hydrogens is 264 g/mol. The smallest absolute Gasteiger partial charge is 0.251 e. The average Bonchev–Trinajstić information content (AvgIpc) is 2.41. The predicted molar refractivity (Wildman–Crippen MR) is 73.5 cm³/mol. The van der Waals surface area contributed by atoms with Crippen LogP contribution in [-0.2, 0) is 16.4 Å². The van der Waals surface area contributed by atoms with E-state index >= 15 is 0 Å². The van der Waals surface area contributed by atoms with Crippen molar-refractivity contribution in [2.75, 3.05) is 11.5 Å². The van der Waals surface area contributed by atoms with Crippen molar-refractivity contribution in [1.82, 2.24) is 5.32 Å². The molecule has 1 aliphatic heterocycles. The molecule has 5 nitrogen and oxygen atoms in total. The topological polar surface area (TPSA) is 89.3 Å². The molecule has 1 heterocycles. The van der Waals surface area contributed by atoms with E-state index in [-0.39, 0.29) is 23.5 Å². The van der Waals surface area contributed by atoms with Gasteiger partial charge in [0.1, 0.15) is 9.84 Å². The second-order valence-electron chi connectivity index (χ2n) is 4.80. The van der Waals surface area contributed by atoms with Crippen LogP contribution in [0.1, 0.15) is 28.8 Å². The molecule has 0 radical (unpaired) electrons. The van der Waals surface area contributed by atoms with E-state index in [2.05, 4.69) is 5.32 Å². The Morgan fingerprint density at radius 1 is 1.21 bits per heavy atom. The van der Waals surface area contributed by atoms with Gasteiger partial charge in [0.05, 0.1) is 11.5 Å². The molecule has 1 aliphatic rings. The fourth-order valence-corrected chi connectivity index (χ4v) is 3.59. The van der Waals surface area contributed by atoms with Gasteiger partial charge < -0.3 is 11.1 Å². The Hall–Kier alpha value is -1.40. The molecule has 1 aromatic carbocycles. The molecule has 104 valence electrons.